The maximum atomic E-state index is 5.29. The van der Waals surface area contributed by atoms with Crippen molar-refractivity contribution in [2.45, 2.75) is 20.8 Å². The van der Waals surface area contributed by atoms with Crippen LogP contribution in [0.2, 0.25) is 0 Å². The first-order valence-electron chi connectivity index (χ1n) is 4.41. The summed E-state index contributed by atoms with van der Waals surface area (Å²) in [7, 11) is 1.68. The quantitative estimate of drug-likeness (QED) is 0.452. The third-order valence-corrected chi connectivity index (χ3v) is 1.87. The average Bonchev–Trinajstić information content (AvgIpc) is 2.03. The zero-order valence-electron chi connectivity index (χ0n) is 8.59. The molecule has 12 heavy (non-hydrogen) atoms. The van der Waals surface area contributed by atoms with E-state index in [2.05, 4.69) is 26.8 Å². The van der Waals surface area contributed by atoms with Gasteiger partial charge in [-0.2, -0.15) is 0 Å². The Bertz CT molecular complexity index is 128. The summed E-state index contributed by atoms with van der Waals surface area (Å²) >= 11 is 0. The van der Waals surface area contributed by atoms with Gasteiger partial charge in [-0.25, -0.2) is 0 Å². The molecule has 0 saturated carbocycles. The average molecular weight is 172 g/mol. The molecule has 0 aromatic carbocycles. The maximum absolute atomic E-state index is 5.29. The van der Waals surface area contributed by atoms with E-state index < -0.39 is 0 Å². The zero-order valence-corrected chi connectivity index (χ0v) is 8.59. The fourth-order valence-corrected chi connectivity index (χ4v) is 0.652. The molecular formula is C10H20O2. The van der Waals surface area contributed by atoms with Crippen LogP contribution in [0.1, 0.15) is 20.8 Å². The number of ether oxygens (including phenoxy) is 2. The van der Waals surface area contributed by atoms with E-state index in [9.17, 15) is 0 Å². The first-order valence-corrected chi connectivity index (χ1v) is 4.41. The largest absolute Gasteiger partial charge is 0.382 e. The van der Waals surface area contributed by atoms with E-state index >= 15 is 0 Å². The zero-order chi connectivity index (χ0) is 9.40. The molecule has 0 radical (unpaired) electrons. The van der Waals surface area contributed by atoms with Crippen molar-refractivity contribution in [1.29, 1.82) is 0 Å². The molecular weight excluding hydrogens is 152 g/mol. The Morgan fingerprint density at radius 1 is 1.33 bits per heavy atom. The van der Waals surface area contributed by atoms with Gasteiger partial charge in [-0.05, 0) is 12.8 Å². The Morgan fingerprint density at radius 3 is 2.50 bits per heavy atom. The minimum Gasteiger partial charge on any atom is -0.382 e. The van der Waals surface area contributed by atoms with Gasteiger partial charge in [0.1, 0.15) is 0 Å². The molecule has 0 spiro atoms. The minimum absolute atomic E-state index is 0.621. The summed E-state index contributed by atoms with van der Waals surface area (Å²) in [4.78, 5) is 0. The fourth-order valence-electron chi connectivity index (χ4n) is 0.652. The van der Waals surface area contributed by atoms with E-state index in [0.717, 1.165) is 0 Å². The van der Waals surface area contributed by atoms with Crippen molar-refractivity contribution < 1.29 is 9.47 Å². The Balaban J connectivity index is 3.34. The molecule has 0 aromatic rings. The monoisotopic (exact) mass is 172 g/mol. The second-order valence-electron chi connectivity index (χ2n) is 3.17. The first kappa shape index (κ1) is 11.7. The molecule has 0 aliphatic heterocycles. The summed E-state index contributed by atoms with van der Waals surface area (Å²) in [6.45, 7) is 8.55. The first-order chi connectivity index (χ1) is 5.68. The van der Waals surface area contributed by atoms with E-state index in [4.69, 9.17) is 9.47 Å². The molecule has 0 saturated heterocycles. The highest BCUT2D eigenvalue weighted by Crippen LogP contribution is 2.06. The molecule has 0 aliphatic rings. The predicted octanol–water partition coefficient (Wildman–Crippen LogP) is 2.25. The van der Waals surface area contributed by atoms with Gasteiger partial charge in [0, 0.05) is 7.11 Å². The van der Waals surface area contributed by atoms with Gasteiger partial charge in [0.2, 0.25) is 0 Å². The fraction of sp³-hybridized carbons (Fsp3) is 0.800. The Kier molecular flexibility index (Phi) is 7.11. The highest BCUT2D eigenvalue weighted by molar-refractivity contribution is 5.00. The van der Waals surface area contributed by atoms with Crippen molar-refractivity contribution in [2.24, 2.45) is 5.92 Å². The van der Waals surface area contributed by atoms with Crippen LogP contribution in [0.25, 0.3) is 0 Å². The molecule has 0 atom stereocenters. The van der Waals surface area contributed by atoms with Crippen LogP contribution < -0.4 is 0 Å². The van der Waals surface area contributed by atoms with Crippen LogP contribution in [0.4, 0.5) is 0 Å². The summed E-state index contributed by atoms with van der Waals surface area (Å²) in [6, 6.07) is 0. The van der Waals surface area contributed by atoms with Crippen LogP contribution in [0.3, 0.4) is 0 Å². The summed E-state index contributed by atoms with van der Waals surface area (Å²) in [5.41, 5.74) is 1.38. The van der Waals surface area contributed by atoms with Crippen molar-refractivity contribution >= 4 is 0 Å². The molecule has 0 heterocycles. The molecule has 0 unspecified atom stereocenters. The number of rotatable bonds is 6. The van der Waals surface area contributed by atoms with Crippen LogP contribution in [-0.2, 0) is 9.47 Å². The van der Waals surface area contributed by atoms with Gasteiger partial charge in [0.25, 0.3) is 0 Å². The van der Waals surface area contributed by atoms with E-state index in [1.54, 1.807) is 7.11 Å². The molecule has 0 fully saturated rings. The van der Waals surface area contributed by atoms with E-state index in [1.165, 1.54) is 5.57 Å². The lowest BCUT2D eigenvalue weighted by Crippen LogP contribution is -2.02. The SMILES string of the molecule is COCCOCC=C(C)C(C)C. The molecule has 0 amide bonds. The molecule has 0 bridgehead atoms. The van der Waals surface area contributed by atoms with E-state index in [0.29, 0.717) is 25.7 Å². The summed E-state index contributed by atoms with van der Waals surface area (Å²) < 4.78 is 10.1. The van der Waals surface area contributed by atoms with Crippen molar-refractivity contribution in [2.75, 3.05) is 26.9 Å². The van der Waals surface area contributed by atoms with Gasteiger partial charge in [-0.15, -0.1) is 0 Å². The Morgan fingerprint density at radius 2 is 2.00 bits per heavy atom. The predicted molar refractivity (Wildman–Crippen MR) is 51.3 cm³/mol. The third kappa shape index (κ3) is 6.38. The number of allylic oxidation sites excluding steroid dienone is 1. The second kappa shape index (κ2) is 7.32. The standard InChI is InChI=1S/C10H20O2/c1-9(2)10(3)5-6-12-8-7-11-4/h5,9H,6-8H2,1-4H3. The van der Waals surface area contributed by atoms with Crippen molar-refractivity contribution in [3.63, 3.8) is 0 Å². The molecule has 2 heteroatoms. The Labute approximate surface area is 75.6 Å². The summed E-state index contributed by atoms with van der Waals surface area (Å²) in [5.74, 6) is 0.621. The van der Waals surface area contributed by atoms with Crippen LogP contribution in [0.5, 0.6) is 0 Å². The lowest BCUT2D eigenvalue weighted by atomic mass is 10.1. The number of hydrogen-bond acceptors (Lipinski definition) is 2. The van der Waals surface area contributed by atoms with Crippen molar-refractivity contribution in [3.05, 3.63) is 11.6 Å². The lowest BCUT2D eigenvalue weighted by molar-refractivity contribution is 0.0850. The molecule has 0 aromatic heterocycles. The minimum atomic E-state index is 0.621. The topological polar surface area (TPSA) is 18.5 Å². The highest BCUT2D eigenvalue weighted by Gasteiger charge is 1.94. The van der Waals surface area contributed by atoms with Crippen molar-refractivity contribution in [1.82, 2.24) is 0 Å². The molecule has 0 rings (SSSR count). The maximum Gasteiger partial charge on any atom is 0.0704 e. The smallest absolute Gasteiger partial charge is 0.0704 e. The van der Waals surface area contributed by atoms with Crippen molar-refractivity contribution in [3.8, 4) is 0 Å². The third-order valence-electron chi connectivity index (χ3n) is 1.87. The lowest BCUT2D eigenvalue weighted by Gasteiger charge is -2.05. The summed E-state index contributed by atoms with van der Waals surface area (Å²) in [6.07, 6.45) is 2.13. The number of hydrogen-bond donors (Lipinski definition) is 0. The van der Waals surface area contributed by atoms with E-state index in [1.807, 2.05) is 0 Å². The van der Waals surface area contributed by atoms with Gasteiger partial charge >= 0.3 is 0 Å². The molecule has 72 valence electrons. The van der Waals surface area contributed by atoms with Gasteiger partial charge < -0.3 is 9.47 Å². The normalized spacial score (nSPS) is 12.6. The summed E-state index contributed by atoms with van der Waals surface area (Å²) in [5, 5.41) is 0. The molecule has 0 N–H and O–H groups in total. The number of methoxy groups -OCH3 is 1. The van der Waals surface area contributed by atoms with Crippen LogP contribution in [0, 0.1) is 5.92 Å². The van der Waals surface area contributed by atoms with Gasteiger partial charge in [-0.3, -0.25) is 0 Å². The van der Waals surface area contributed by atoms with E-state index in [-0.39, 0.29) is 0 Å². The highest BCUT2D eigenvalue weighted by atomic mass is 16.5. The van der Waals surface area contributed by atoms with Gasteiger partial charge in [0.15, 0.2) is 0 Å². The van der Waals surface area contributed by atoms with Crippen LogP contribution >= 0.6 is 0 Å². The molecule has 2 nitrogen and oxygen atoms in total. The van der Waals surface area contributed by atoms with Gasteiger partial charge in [0.05, 0.1) is 19.8 Å². The Hall–Kier alpha value is -0.340. The van der Waals surface area contributed by atoms with Gasteiger partial charge in [-0.1, -0.05) is 25.5 Å². The van der Waals surface area contributed by atoms with Crippen LogP contribution in [0.15, 0.2) is 11.6 Å². The second-order valence-corrected chi connectivity index (χ2v) is 3.17. The van der Waals surface area contributed by atoms with Crippen LogP contribution in [-0.4, -0.2) is 26.9 Å². The molecule has 0 aliphatic carbocycles.